The molecular weight excluding hydrogens is 512 g/mol. The van der Waals surface area contributed by atoms with Crippen molar-refractivity contribution in [1.82, 2.24) is 0 Å². The molecule has 10 fully saturated rings. The van der Waals surface area contributed by atoms with E-state index >= 15 is 0 Å². The first-order chi connectivity index (χ1) is 14.3. The molecule has 0 saturated heterocycles. The molecule has 162 valence electrons. The van der Waals surface area contributed by atoms with Crippen LogP contribution in [0.5, 0.6) is 0 Å². The number of hydrogen-bond donors (Lipinski definition) is 0. The van der Waals surface area contributed by atoms with Crippen LogP contribution in [0.25, 0.3) is 0 Å². The third-order valence-corrected chi connectivity index (χ3v) is 15.8. The van der Waals surface area contributed by atoms with Gasteiger partial charge in [-0.25, -0.2) is 0 Å². The lowest BCUT2D eigenvalue weighted by Crippen LogP contribution is -2.73. The van der Waals surface area contributed by atoms with E-state index in [1.54, 1.807) is 0 Å². The smallest absolute Gasteiger partial charge is 0.309 e. The van der Waals surface area contributed by atoms with E-state index in [9.17, 15) is 9.59 Å². The number of esters is 2. The summed E-state index contributed by atoms with van der Waals surface area (Å²) in [5, 5.41) is 0. The van der Waals surface area contributed by atoms with Crippen LogP contribution in [-0.2, 0) is 19.1 Å². The summed E-state index contributed by atoms with van der Waals surface area (Å²) >= 11 is 8.94. The molecule has 0 aromatic carbocycles. The van der Waals surface area contributed by atoms with Crippen LogP contribution in [0.4, 0.5) is 0 Å². The topological polar surface area (TPSA) is 52.6 Å². The maximum Gasteiger partial charge on any atom is 0.309 e. The van der Waals surface area contributed by atoms with Gasteiger partial charge in [0.15, 0.2) is 0 Å². The van der Waals surface area contributed by atoms with Crippen molar-refractivity contribution in [3.8, 4) is 0 Å². The van der Waals surface area contributed by atoms with E-state index in [1.165, 1.54) is 52.7 Å². The summed E-state index contributed by atoms with van der Waals surface area (Å²) in [6, 6.07) is 0. The van der Waals surface area contributed by atoms with E-state index in [2.05, 4.69) is 31.9 Å². The molecule has 4 nitrogen and oxygen atoms in total. The SMILES string of the molecule is COC(=O)C1C(C(=O)OC)C2C3C4C5CCC3C5(Br)C35CC6CC(Br)(CC6C3)C25C14. The molecule has 10 aliphatic carbocycles. The second kappa shape index (κ2) is 4.88. The standard InChI is InChI=1S/C24H28Br2O4/c1-29-19(27)15-16(20(28)30-2)18-14-12-4-3-11-13(14)17(15)23(18)21(24(11,12)26)5-9-7-22(23,25)8-10(9)6-21/h9-18H,3-8H2,1-2H3. The van der Waals surface area contributed by atoms with E-state index in [1.807, 2.05) is 0 Å². The number of methoxy groups -OCH3 is 2. The fourth-order valence-corrected chi connectivity index (χ4v) is 16.5. The molecule has 10 saturated carbocycles. The van der Waals surface area contributed by atoms with Gasteiger partial charge in [-0.1, -0.05) is 31.9 Å². The molecule has 0 heterocycles. The highest BCUT2D eigenvalue weighted by atomic mass is 79.9. The maximum atomic E-state index is 13.3. The van der Waals surface area contributed by atoms with Crippen LogP contribution in [0.15, 0.2) is 0 Å². The Hall–Kier alpha value is -0.100. The van der Waals surface area contributed by atoms with E-state index < -0.39 is 0 Å². The Morgan fingerprint density at radius 2 is 1.27 bits per heavy atom. The number of alkyl halides is 2. The highest BCUT2D eigenvalue weighted by molar-refractivity contribution is 9.10. The molecule has 0 N–H and O–H groups in total. The first-order valence-corrected chi connectivity index (χ1v) is 13.4. The van der Waals surface area contributed by atoms with Crippen LogP contribution in [0.3, 0.4) is 0 Å². The highest BCUT2D eigenvalue weighted by Crippen LogP contribution is 2.99. The molecule has 10 rings (SSSR count). The van der Waals surface area contributed by atoms with Crippen molar-refractivity contribution in [3.05, 3.63) is 0 Å². The Kier molecular flexibility index (Phi) is 2.98. The molecule has 0 aromatic heterocycles. The summed E-state index contributed by atoms with van der Waals surface area (Å²) in [6.45, 7) is 0. The number of hydrogen-bond acceptors (Lipinski definition) is 4. The molecule has 12 bridgehead atoms. The Bertz CT molecular complexity index is 872. The summed E-state index contributed by atoms with van der Waals surface area (Å²) in [6.07, 6.45) is 7.65. The van der Waals surface area contributed by atoms with Crippen LogP contribution < -0.4 is 0 Å². The molecule has 10 atom stereocenters. The quantitative estimate of drug-likeness (QED) is 0.390. The predicted molar refractivity (Wildman–Crippen MR) is 115 cm³/mol. The molecule has 0 aromatic rings. The summed E-state index contributed by atoms with van der Waals surface area (Å²) in [7, 11) is 3.00. The van der Waals surface area contributed by atoms with Crippen molar-refractivity contribution < 1.29 is 19.1 Å². The summed E-state index contributed by atoms with van der Waals surface area (Å²) in [5.41, 5.74) is 0.242. The van der Waals surface area contributed by atoms with Crippen LogP contribution in [-0.4, -0.2) is 34.8 Å². The van der Waals surface area contributed by atoms with Gasteiger partial charge in [0.25, 0.3) is 0 Å². The number of halogens is 2. The third kappa shape index (κ3) is 1.32. The van der Waals surface area contributed by atoms with Crippen molar-refractivity contribution in [3.63, 3.8) is 0 Å². The molecule has 10 aliphatic rings. The van der Waals surface area contributed by atoms with Gasteiger partial charge >= 0.3 is 11.9 Å². The Morgan fingerprint density at radius 1 is 0.800 bits per heavy atom. The molecule has 0 aliphatic heterocycles. The number of ether oxygens (including phenoxy) is 2. The Labute approximate surface area is 193 Å². The highest BCUT2D eigenvalue weighted by Gasteiger charge is 2.98. The van der Waals surface area contributed by atoms with Crippen LogP contribution in [0, 0.1) is 70.0 Å². The zero-order chi connectivity index (χ0) is 20.6. The Balaban J connectivity index is 1.47. The van der Waals surface area contributed by atoms with Crippen LogP contribution in [0.2, 0.25) is 0 Å². The molecule has 0 amide bonds. The normalized spacial score (nSPS) is 68.7. The van der Waals surface area contributed by atoms with Gasteiger partial charge in [-0.2, -0.15) is 0 Å². The Morgan fingerprint density at radius 3 is 1.70 bits per heavy atom. The van der Waals surface area contributed by atoms with E-state index in [4.69, 9.17) is 9.47 Å². The lowest BCUT2D eigenvalue weighted by atomic mass is 9.37. The van der Waals surface area contributed by atoms with Crippen molar-refractivity contribution in [2.75, 3.05) is 14.2 Å². The fraction of sp³-hybridized carbons (Fsp3) is 0.917. The van der Waals surface area contributed by atoms with Crippen LogP contribution in [0.1, 0.15) is 38.5 Å². The van der Waals surface area contributed by atoms with Crippen LogP contribution >= 0.6 is 31.9 Å². The van der Waals surface area contributed by atoms with Crippen molar-refractivity contribution in [2.24, 2.45) is 70.0 Å². The van der Waals surface area contributed by atoms with E-state index in [0.717, 1.165) is 11.8 Å². The van der Waals surface area contributed by atoms with E-state index in [-0.39, 0.29) is 55.1 Å². The second-order valence-corrected chi connectivity index (χ2v) is 14.9. The van der Waals surface area contributed by atoms with Gasteiger partial charge in [-0.05, 0) is 91.3 Å². The molecule has 10 unspecified atom stereocenters. The molecule has 30 heavy (non-hydrogen) atoms. The van der Waals surface area contributed by atoms with Gasteiger partial charge in [0.1, 0.15) is 0 Å². The van der Waals surface area contributed by atoms with Gasteiger partial charge in [-0.3, -0.25) is 9.59 Å². The number of carbonyl (C=O) groups excluding carboxylic acids is 2. The van der Waals surface area contributed by atoms with Gasteiger partial charge < -0.3 is 9.47 Å². The average molecular weight is 540 g/mol. The monoisotopic (exact) mass is 538 g/mol. The molecular formula is C24H28Br2O4. The fourth-order valence-electron chi connectivity index (χ4n) is 13.1. The zero-order valence-electron chi connectivity index (χ0n) is 17.4. The van der Waals surface area contributed by atoms with Gasteiger partial charge in [0.2, 0.25) is 0 Å². The third-order valence-electron chi connectivity index (χ3n) is 12.6. The van der Waals surface area contributed by atoms with Crippen molar-refractivity contribution in [2.45, 2.75) is 47.2 Å². The molecule has 0 radical (unpaired) electrons. The van der Waals surface area contributed by atoms with Gasteiger partial charge in [-0.15, -0.1) is 0 Å². The minimum atomic E-state index is -0.326. The largest absolute Gasteiger partial charge is 0.469 e. The van der Waals surface area contributed by atoms with Crippen molar-refractivity contribution >= 4 is 43.8 Å². The first-order valence-electron chi connectivity index (χ1n) is 11.9. The summed E-state index contributed by atoms with van der Waals surface area (Å²) in [5.74, 6) is 3.63. The minimum Gasteiger partial charge on any atom is -0.469 e. The predicted octanol–water partition coefficient (Wildman–Crippen LogP) is 4.18. The maximum absolute atomic E-state index is 13.3. The molecule has 2 spiro atoms. The number of rotatable bonds is 2. The summed E-state index contributed by atoms with van der Waals surface area (Å²) in [4.78, 5) is 26.6. The number of carbonyl (C=O) groups is 2. The lowest BCUT2D eigenvalue weighted by molar-refractivity contribution is -0.174. The van der Waals surface area contributed by atoms with Gasteiger partial charge in [0.05, 0.1) is 26.1 Å². The second-order valence-electron chi connectivity index (χ2n) is 12.1. The zero-order valence-corrected chi connectivity index (χ0v) is 20.6. The lowest BCUT2D eigenvalue weighted by Gasteiger charge is -2.72. The first kappa shape index (κ1) is 18.3. The summed E-state index contributed by atoms with van der Waals surface area (Å²) < 4.78 is 11.1. The van der Waals surface area contributed by atoms with Crippen molar-refractivity contribution in [1.29, 1.82) is 0 Å². The minimum absolute atomic E-state index is 0.0252. The molecule has 6 heteroatoms. The van der Waals surface area contributed by atoms with Gasteiger partial charge in [0, 0.05) is 14.1 Å². The van der Waals surface area contributed by atoms with E-state index in [0.29, 0.717) is 23.7 Å². The average Bonchev–Trinajstić information content (AvgIpc) is 3.48.